The lowest BCUT2D eigenvalue weighted by Crippen LogP contribution is -2.72. The third-order valence-corrected chi connectivity index (χ3v) is 7.04. The van der Waals surface area contributed by atoms with E-state index in [0.29, 0.717) is 4.90 Å². The molecule has 15 heteroatoms. The molecule has 1 N–H and O–H groups in total. The summed E-state index contributed by atoms with van der Waals surface area (Å²) in [5.74, 6) is -5.62. The SMILES string of the molecule is CC1(C)[C@H](C(=O)OCC(F)(F)F)N2C(=O)[C@H](NC(=O)C(F)(F)F)[C@H]2S1(=O)=O. The Kier molecular flexibility index (Phi) is 4.70. The van der Waals surface area contributed by atoms with Crippen LogP contribution in [0.3, 0.4) is 0 Å². The first-order chi connectivity index (χ1) is 11.9. The number of esters is 1. The van der Waals surface area contributed by atoms with Crippen LogP contribution in [-0.4, -0.2) is 72.3 Å². The van der Waals surface area contributed by atoms with Crippen molar-refractivity contribution in [3.05, 3.63) is 0 Å². The quantitative estimate of drug-likeness (QED) is 0.383. The van der Waals surface area contributed by atoms with Crippen molar-refractivity contribution in [2.24, 2.45) is 0 Å². The number of halogens is 6. The standard InChI is InChI=1S/C12H12F6N2O6S/c1-10(2)5(8(22)26-3-11(13,14)15)20-6(21)4(7(20)27(10,24)25)19-9(23)12(16,17)18/h4-5,7H,3H2,1-2H3,(H,19,23)/t4-,5-,7+/m0/s1. The zero-order valence-electron chi connectivity index (χ0n) is 13.5. The van der Waals surface area contributed by atoms with Crippen LogP contribution < -0.4 is 5.32 Å². The average Bonchev–Trinajstić information content (AvgIpc) is 2.62. The van der Waals surface area contributed by atoms with Crippen LogP contribution in [0.4, 0.5) is 26.3 Å². The lowest BCUT2D eigenvalue weighted by atomic mass is 9.96. The third-order valence-electron chi connectivity index (χ3n) is 4.21. The summed E-state index contributed by atoms with van der Waals surface area (Å²) < 4.78 is 100. The summed E-state index contributed by atoms with van der Waals surface area (Å²) >= 11 is 0. The molecule has 2 saturated heterocycles. The largest absolute Gasteiger partial charge is 0.471 e. The zero-order valence-corrected chi connectivity index (χ0v) is 14.3. The molecule has 8 nitrogen and oxygen atoms in total. The van der Waals surface area contributed by atoms with Gasteiger partial charge in [0.1, 0.15) is 16.8 Å². The second-order valence-corrected chi connectivity index (χ2v) is 8.98. The Bertz CT molecular complexity index is 789. The Morgan fingerprint density at radius 1 is 1.19 bits per heavy atom. The average molecular weight is 426 g/mol. The Morgan fingerprint density at radius 2 is 1.70 bits per heavy atom. The highest BCUT2D eigenvalue weighted by atomic mass is 32.2. The van der Waals surface area contributed by atoms with Crippen LogP contribution in [0.2, 0.25) is 0 Å². The van der Waals surface area contributed by atoms with Crippen molar-refractivity contribution in [1.29, 1.82) is 0 Å². The van der Waals surface area contributed by atoms with Gasteiger partial charge in [0.2, 0.25) is 5.91 Å². The van der Waals surface area contributed by atoms with Gasteiger partial charge in [0.05, 0.1) is 0 Å². The summed E-state index contributed by atoms with van der Waals surface area (Å²) in [6, 6.07) is -4.13. The highest BCUT2D eigenvalue weighted by Gasteiger charge is 2.73. The molecule has 0 aromatic rings. The second-order valence-electron chi connectivity index (χ2n) is 6.36. The Balaban J connectivity index is 2.31. The highest BCUT2D eigenvalue weighted by Crippen LogP contribution is 2.46. The van der Waals surface area contributed by atoms with Crippen LogP contribution in [0.25, 0.3) is 0 Å². The molecule has 0 radical (unpaired) electrons. The van der Waals surface area contributed by atoms with E-state index in [1.54, 1.807) is 0 Å². The number of amides is 2. The van der Waals surface area contributed by atoms with E-state index < -0.39 is 68.8 Å². The zero-order chi connectivity index (χ0) is 21.2. The molecule has 2 aliphatic heterocycles. The minimum atomic E-state index is -5.40. The van der Waals surface area contributed by atoms with Gasteiger partial charge in [-0.3, -0.25) is 9.59 Å². The van der Waals surface area contributed by atoms with Crippen LogP contribution >= 0.6 is 0 Å². The predicted molar refractivity (Wildman–Crippen MR) is 72.4 cm³/mol. The molecule has 2 aliphatic rings. The van der Waals surface area contributed by atoms with Gasteiger partial charge in [-0.15, -0.1) is 0 Å². The predicted octanol–water partition coefficient (Wildman–Crippen LogP) is -0.117. The first kappa shape index (κ1) is 21.2. The molecular weight excluding hydrogens is 414 g/mol. The summed E-state index contributed by atoms with van der Waals surface area (Å²) in [6.45, 7) is -0.217. The Labute approximate surface area is 147 Å². The van der Waals surface area contributed by atoms with E-state index in [9.17, 15) is 49.1 Å². The Morgan fingerprint density at radius 3 is 2.15 bits per heavy atom. The number of sulfone groups is 1. The van der Waals surface area contributed by atoms with Gasteiger partial charge in [-0.25, -0.2) is 13.2 Å². The number of β-lactam (4-membered cyclic amide) rings is 1. The number of nitrogens with zero attached hydrogens (tertiary/aromatic N) is 1. The fraction of sp³-hybridized carbons (Fsp3) is 0.750. The molecule has 2 amide bonds. The lowest BCUT2D eigenvalue weighted by Gasteiger charge is -2.43. The normalized spacial score (nSPS) is 29.0. The van der Waals surface area contributed by atoms with Gasteiger partial charge < -0.3 is 15.0 Å². The maximum absolute atomic E-state index is 12.5. The number of nitrogens with one attached hydrogen (secondary N) is 1. The molecule has 2 rings (SSSR count). The number of alkyl halides is 6. The van der Waals surface area contributed by atoms with Crippen molar-refractivity contribution in [3.63, 3.8) is 0 Å². The molecule has 0 aromatic heterocycles. The van der Waals surface area contributed by atoms with Crippen molar-refractivity contribution in [2.75, 3.05) is 6.61 Å². The van der Waals surface area contributed by atoms with E-state index in [1.165, 1.54) is 5.32 Å². The topological polar surface area (TPSA) is 110 Å². The van der Waals surface area contributed by atoms with Crippen molar-refractivity contribution >= 4 is 27.6 Å². The summed E-state index contributed by atoms with van der Waals surface area (Å²) in [7, 11) is -4.55. The molecule has 0 aliphatic carbocycles. The molecule has 2 fully saturated rings. The maximum atomic E-state index is 12.5. The maximum Gasteiger partial charge on any atom is 0.471 e. The van der Waals surface area contributed by atoms with Crippen molar-refractivity contribution in [3.8, 4) is 0 Å². The molecule has 2 heterocycles. The monoisotopic (exact) mass is 426 g/mol. The van der Waals surface area contributed by atoms with E-state index in [2.05, 4.69) is 4.74 Å². The van der Waals surface area contributed by atoms with Gasteiger partial charge >= 0.3 is 24.2 Å². The van der Waals surface area contributed by atoms with Crippen LogP contribution in [-0.2, 0) is 29.0 Å². The number of rotatable bonds is 3. The first-order valence-corrected chi connectivity index (χ1v) is 8.64. The molecule has 3 atom stereocenters. The summed E-state index contributed by atoms with van der Waals surface area (Å²) in [5.41, 5.74) is 0. The van der Waals surface area contributed by atoms with Gasteiger partial charge in [-0.2, -0.15) is 26.3 Å². The molecule has 0 spiro atoms. The van der Waals surface area contributed by atoms with Crippen LogP contribution in [0.5, 0.6) is 0 Å². The van der Waals surface area contributed by atoms with Crippen LogP contribution in [0.15, 0.2) is 0 Å². The number of carbonyl (C=O) groups is 3. The number of fused-ring (bicyclic) bond motifs is 1. The van der Waals surface area contributed by atoms with Crippen molar-refractivity contribution in [1.82, 2.24) is 10.2 Å². The van der Waals surface area contributed by atoms with E-state index in [1.807, 2.05) is 0 Å². The molecular formula is C12H12F6N2O6S. The smallest absolute Gasteiger partial charge is 0.454 e. The lowest BCUT2D eigenvalue weighted by molar-refractivity contribution is -0.193. The third kappa shape index (κ3) is 3.32. The summed E-state index contributed by atoms with van der Waals surface area (Å²) in [4.78, 5) is 35.3. The molecule has 154 valence electrons. The molecule has 0 aromatic carbocycles. The molecule has 0 unspecified atom stereocenters. The van der Waals surface area contributed by atoms with Gasteiger partial charge in [0, 0.05) is 0 Å². The number of ether oxygens (including phenoxy) is 1. The summed E-state index contributed by atoms with van der Waals surface area (Å²) in [5, 5.41) is -0.812. The van der Waals surface area contributed by atoms with Crippen molar-refractivity contribution < 1.29 is 53.9 Å². The molecule has 27 heavy (non-hydrogen) atoms. The van der Waals surface area contributed by atoms with Crippen LogP contribution in [0, 0.1) is 0 Å². The minimum Gasteiger partial charge on any atom is -0.454 e. The van der Waals surface area contributed by atoms with E-state index >= 15 is 0 Å². The first-order valence-electron chi connectivity index (χ1n) is 7.09. The van der Waals surface area contributed by atoms with Crippen LogP contribution in [0.1, 0.15) is 13.8 Å². The van der Waals surface area contributed by atoms with Gasteiger partial charge in [0.15, 0.2) is 21.8 Å². The fourth-order valence-corrected chi connectivity index (χ4v) is 5.09. The number of hydrogen-bond acceptors (Lipinski definition) is 6. The van der Waals surface area contributed by atoms with Gasteiger partial charge in [0.25, 0.3) is 0 Å². The number of carbonyl (C=O) groups excluding carboxylic acids is 3. The Hall–Kier alpha value is -2.06. The number of hydrogen-bond donors (Lipinski definition) is 1. The molecule has 0 saturated carbocycles. The van der Waals surface area contributed by atoms with E-state index in [4.69, 9.17) is 0 Å². The van der Waals surface area contributed by atoms with Gasteiger partial charge in [-0.05, 0) is 13.8 Å². The highest BCUT2D eigenvalue weighted by molar-refractivity contribution is 7.94. The molecule has 0 bridgehead atoms. The van der Waals surface area contributed by atoms with E-state index in [-0.39, 0.29) is 0 Å². The van der Waals surface area contributed by atoms with Crippen molar-refractivity contribution in [2.45, 2.75) is 48.4 Å². The van der Waals surface area contributed by atoms with E-state index in [0.717, 1.165) is 13.8 Å². The minimum absolute atomic E-state index is 0.315. The van der Waals surface area contributed by atoms with Gasteiger partial charge in [-0.1, -0.05) is 0 Å². The fourth-order valence-electron chi connectivity index (χ4n) is 2.88. The summed E-state index contributed by atoms with van der Waals surface area (Å²) in [6.07, 6.45) is -10.3. The second kappa shape index (κ2) is 5.97.